The number of likely N-dealkylation sites (tertiary alicyclic amines) is 1. The molecular weight excluding hydrogens is 576 g/mol. The Morgan fingerprint density at radius 2 is 1.38 bits per heavy atom. The second-order valence-corrected chi connectivity index (χ2v) is 15.8. The average Bonchev–Trinajstić information content (AvgIpc) is 3.34. The van der Waals surface area contributed by atoms with Crippen molar-refractivity contribution >= 4 is 35.4 Å². The van der Waals surface area contributed by atoms with Gasteiger partial charge in [-0.3, -0.25) is 24.0 Å². The Bertz CT molecular complexity index is 1120. The van der Waals surface area contributed by atoms with Gasteiger partial charge >= 0.3 is 6.03 Å². The Hall–Kier alpha value is -3.18. The van der Waals surface area contributed by atoms with E-state index in [0.717, 1.165) is 19.3 Å². The van der Waals surface area contributed by atoms with Gasteiger partial charge in [0.1, 0.15) is 18.1 Å². The molecule has 1 saturated heterocycles. The number of carbonyl (C=O) groups excluding carboxylic acids is 6. The van der Waals surface area contributed by atoms with E-state index in [1.807, 2.05) is 69.2 Å². The van der Waals surface area contributed by atoms with Crippen molar-refractivity contribution in [2.75, 3.05) is 13.6 Å². The first-order valence-corrected chi connectivity index (χ1v) is 16.4. The highest BCUT2D eigenvalue weighted by atomic mass is 16.2. The number of ketones is 1. The number of hydrogen-bond acceptors (Lipinski definition) is 6. The number of likely N-dealkylation sites (N-methyl/N-ethyl adjacent to an activating group) is 1. The zero-order chi connectivity index (χ0) is 34.6. The number of amides is 6. The van der Waals surface area contributed by atoms with Crippen molar-refractivity contribution in [3.63, 3.8) is 0 Å². The number of nitrogens with two attached hydrogens (primary N) is 1. The van der Waals surface area contributed by atoms with Gasteiger partial charge in [-0.05, 0) is 55.3 Å². The summed E-state index contributed by atoms with van der Waals surface area (Å²) in [5, 5.41) is 8.40. The van der Waals surface area contributed by atoms with E-state index in [9.17, 15) is 28.8 Å². The lowest BCUT2D eigenvalue weighted by molar-refractivity contribution is -0.144. The number of nitrogens with zero attached hydrogens (tertiary/aromatic N) is 2. The van der Waals surface area contributed by atoms with Crippen molar-refractivity contribution in [1.29, 1.82) is 0 Å². The van der Waals surface area contributed by atoms with Gasteiger partial charge in [-0.2, -0.15) is 0 Å². The first-order valence-electron chi connectivity index (χ1n) is 16.4. The second-order valence-electron chi connectivity index (χ2n) is 15.8. The maximum atomic E-state index is 14.3. The summed E-state index contributed by atoms with van der Waals surface area (Å²) in [7, 11) is 1.68. The van der Waals surface area contributed by atoms with Gasteiger partial charge in [-0.1, -0.05) is 74.7 Å². The summed E-state index contributed by atoms with van der Waals surface area (Å²) >= 11 is 0. The maximum Gasteiger partial charge on any atom is 0.316 e. The molecule has 0 aromatic carbocycles. The molecule has 6 amide bonds. The van der Waals surface area contributed by atoms with Gasteiger partial charge in [0, 0.05) is 19.6 Å². The van der Waals surface area contributed by atoms with Crippen molar-refractivity contribution in [3.05, 3.63) is 0 Å². The number of hydrogen-bond donors (Lipinski definition) is 4. The maximum absolute atomic E-state index is 14.3. The molecule has 0 radical (unpaired) electrons. The van der Waals surface area contributed by atoms with Crippen LogP contribution in [0, 0.1) is 28.6 Å². The van der Waals surface area contributed by atoms with E-state index < -0.39 is 64.5 Å². The van der Waals surface area contributed by atoms with Crippen LogP contribution in [0.25, 0.3) is 0 Å². The van der Waals surface area contributed by atoms with E-state index in [0.29, 0.717) is 12.8 Å². The summed E-state index contributed by atoms with van der Waals surface area (Å²) < 4.78 is 0. The largest absolute Gasteiger partial charge is 0.363 e. The summed E-state index contributed by atoms with van der Waals surface area (Å²) in [6, 6.07) is -4.58. The minimum absolute atomic E-state index is 0.0383. The van der Waals surface area contributed by atoms with Crippen LogP contribution in [0.5, 0.6) is 0 Å². The summed E-state index contributed by atoms with van der Waals surface area (Å²) in [6.07, 6.45) is 3.75. The van der Waals surface area contributed by atoms with Gasteiger partial charge in [0.15, 0.2) is 0 Å². The van der Waals surface area contributed by atoms with Gasteiger partial charge < -0.3 is 31.5 Å². The molecule has 1 aliphatic heterocycles. The van der Waals surface area contributed by atoms with E-state index in [1.165, 1.54) is 4.90 Å². The van der Waals surface area contributed by atoms with Gasteiger partial charge in [-0.15, -0.1) is 0 Å². The quantitative estimate of drug-likeness (QED) is 0.240. The van der Waals surface area contributed by atoms with Crippen LogP contribution >= 0.6 is 0 Å². The molecule has 1 aliphatic carbocycles. The van der Waals surface area contributed by atoms with Crippen molar-refractivity contribution in [1.82, 2.24) is 25.8 Å². The molecule has 2 aliphatic rings. The minimum Gasteiger partial charge on any atom is -0.363 e. The molecular formula is C33H58N6O6. The van der Waals surface area contributed by atoms with E-state index in [4.69, 9.17) is 5.73 Å². The normalized spacial score (nSPS) is 21.0. The number of Topliss-reactive ketones (excluding diaryl/α,β-unsaturated/α-hetero) is 1. The third kappa shape index (κ3) is 9.66. The fourth-order valence-corrected chi connectivity index (χ4v) is 6.04. The van der Waals surface area contributed by atoms with Gasteiger partial charge in [0.2, 0.25) is 23.5 Å². The Labute approximate surface area is 269 Å². The summed E-state index contributed by atoms with van der Waals surface area (Å²) in [5.74, 6) is -3.08. The van der Waals surface area contributed by atoms with Crippen LogP contribution in [-0.2, 0) is 24.0 Å². The standard InChI is InChI=1S/C33H58N6O6/c1-18(2)21-15-16-39(23(21)28(42)35-22(24(40)27(34)41)17-20-13-12-14-20)30(44)26(33(8,9)10)37-31(45)36-25(32(5,6)7)29(43)38(11)19(3)4/h18-23,25-26H,12-17H2,1-11H3,(H2,34,41)(H,35,42)(H2,36,37,45)/t21-,22?,23+,25-,26-/m1/s1. The molecule has 0 aromatic heterocycles. The van der Waals surface area contributed by atoms with Crippen LogP contribution in [0.2, 0.25) is 0 Å². The third-order valence-corrected chi connectivity index (χ3v) is 9.42. The number of primary amides is 1. The minimum atomic E-state index is -1.10. The van der Waals surface area contributed by atoms with Crippen LogP contribution in [0.15, 0.2) is 0 Å². The lowest BCUT2D eigenvalue weighted by Gasteiger charge is -2.38. The Morgan fingerprint density at radius 1 is 0.844 bits per heavy atom. The fraction of sp³-hybridized carbons (Fsp3) is 0.818. The highest BCUT2D eigenvalue weighted by Crippen LogP contribution is 2.34. The molecule has 0 aromatic rings. The number of urea groups is 1. The van der Waals surface area contributed by atoms with Crippen molar-refractivity contribution < 1.29 is 28.8 Å². The summed E-state index contributed by atoms with van der Waals surface area (Å²) in [4.78, 5) is 82.5. The Morgan fingerprint density at radius 3 is 1.80 bits per heavy atom. The van der Waals surface area contributed by atoms with E-state index in [2.05, 4.69) is 16.0 Å². The third-order valence-electron chi connectivity index (χ3n) is 9.42. The zero-order valence-electron chi connectivity index (χ0n) is 29.3. The smallest absolute Gasteiger partial charge is 0.316 e. The molecule has 5 N–H and O–H groups in total. The highest BCUT2D eigenvalue weighted by Gasteiger charge is 2.48. The van der Waals surface area contributed by atoms with Crippen molar-refractivity contribution in [2.45, 2.75) is 132 Å². The zero-order valence-corrected chi connectivity index (χ0v) is 29.3. The van der Waals surface area contributed by atoms with E-state index in [1.54, 1.807) is 11.9 Å². The van der Waals surface area contributed by atoms with Crippen LogP contribution in [0.4, 0.5) is 4.79 Å². The van der Waals surface area contributed by atoms with Crippen molar-refractivity contribution in [2.24, 2.45) is 34.3 Å². The van der Waals surface area contributed by atoms with E-state index in [-0.39, 0.29) is 36.2 Å². The van der Waals surface area contributed by atoms with E-state index >= 15 is 0 Å². The second kappa shape index (κ2) is 14.9. The lowest BCUT2D eigenvalue weighted by Crippen LogP contribution is -2.63. The highest BCUT2D eigenvalue weighted by molar-refractivity contribution is 6.37. The van der Waals surface area contributed by atoms with Gasteiger partial charge in [-0.25, -0.2) is 4.79 Å². The molecule has 0 bridgehead atoms. The SMILES string of the molecule is CC(C)[C@H]1CCN(C(=O)[C@@H](NC(=O)N[C@H](C(=O)N(C)C(C)C)C(C)(C)C)C(C)(C)C)[C@@H]1C(=O)NC(CC1CCC1)C(=O)C(N)=O. The van der Waals surface area contributed by atoms with Crippen LogP contribution in [-0.4, -0.2) is 89.0 Å². The Kier molecular flexibility index (Phi) is 12.6. The molecule has 12 nitrogen and oxygen atoms in total. The molecule has 2 rings (SSSR count). The topological polar surface area (TPSA) is 171 Å². The van der Waals surface area contributed by atoms with Crippen LogP contribution in [0.1, 0.15) is 101 Å². The molecule has 45 heavy (non-hydrogen) atoms. The first-order chi connectivity index (χ1) is 20.6. The monoisotopic (exact) mass is 634 g/mol. The first kappa shape index (κ1) is 38.0. The molecule has 2 fully saturated rings. The number of carbonyl (C=O) groups is 6. The number of rotatable bonds is 12. The Balaban J connectivity index is 2.35. The number of nitrogens with one attached hydrogen (secondary N) is 3. The summed E-state index contributed by atoms with van der Waals surface area (Å²) in [5.41, 5.74) is 3.96. The molecule has 1 saturated carbocycles. The fourth-order valence-electron chi connectivity index (χ4n) is 6.04. The lowest BCUT2D eigenvalue weighted by atomic mass is 9.80. The molecule has 1 heterocycles. The molecule has 12 heteroatoms. The molecule has 0 spiro atoms. The van der Waals surface area contributed by atoms with Gasteiger partial charge in [0.25, 0.3) is 5.91 Å². The molecule has 256 valence electrons. The van der Waals surface area contributed by atoms with Crippen LogP contribution in [0.3, 0.4) is 0 Å². The van der Waals surface area contributed by atoms with Gasteiger partial charge in [0.05, 0.1) is 6.04 Å². The molecule has 1 unspecified atom stereocenters. The average molecular weight is 635 g/mol. The van der Waals surface area contributed by atoms with Crippen LogP contribution < -0.4 is 21.7 Å². The summed E-state index contributed by atoms with van der Waals surface area (Å²) in [6.45, 7) is 19.0. The predicted octanol–water partition coefficient (Wildman–Crippen LogP) is 2.58. The van der Waals surface area contributed by atoms with Crippen molar-refractivity contribution in [3.8, 4) is 0 Å². The predicted molar refractivity (Wildman–Crippen MR) is 173 cm³/mol. The molecule has 5 atom stereocenters.